The first-order valence-electron chi connectivity index (χ1n) is 10.2. The van der Waals surface area contributed by atoms with E-state index in [1.54, 1.807) is 0 Å². The van der Waals surface area contributed by atoms with E-state index >= 15 is 0 Å². The summed E-state index contributed by atoms with van der Waals surface area (Å²) in [6.45, 7) is 3.58. The summed E-state index contributed by atoms with van der Waals surface area (Å²) < 4.78 is 5.59. The first-order chi connectivity index (χ1) is 13.3. The van der Waals surface area contributed by atoms with Crippen LogP contribution < -0.4 is 10.6 Å². The lowest BCUT2D eigenvalue weighted by molar-refractivity contribution is -0.122. The third-order valence-corrected chi connectivity index (χ3v) is 6.46. The number of aromatic amines is 1. The number of nitrogens with one attached hydrogen (secondary N) is 3. The van der Waals surface area contributed by atoms with Crippen molar-refractivity contribution in [3.63, 3.8) is 0 Å². The second-order valence-corrected chi connectivity index (χ2v) is 8.83. The number of ether oxygens (including phenoxy) is 1. The Morgan fingerprint density at radius 3 is 2.64 bits per heavy atom. The molecular formula is C20H28N4O4. The largest absolute Gasteiger partial charge is 0.446 e. The van der Waals surface area contributed by atoms with Crippen molar-refractivity contribution in [2.45, 2.75) is 76.4 Å². The molecule has 28 heavy (non-hydrogen) atoms. The topological polar surface area (TPSA) is 113 Å². The van der Waals surface area contributed by atoms with Gasteiger partial charge in [0, 0.05) is 35.1 Å². The van der Waals surface area contributed by atoms with Crippen molar-refractivity contribution in [1.29, 1.82) is 0 Å². The predicted octanol–water partition coefficient (Wildman–Crippen LogP) is 2.88. The molecule has 152 valence electrons. The molecule has 3 saturated carbocycles. The number of nitrogens with zero attached hydrogens (tertiary/aromatic N) is 1. The normalized spacial score (nSPS) is 30.2. The zero-order valence-corrected chi connectivity index (χ0v) is 16.4. The summed E-state index contributed by atoms with van der Waals surface area (Å²) in [4.78, 5) is 35.6. The Balaban J connectivity index is 1.25. The molecule has 0 spiro atoms. The minimum absolute atomic E-state index is 0.0650. The standard InChI is InChI=1S/C20H28N4O4/c1-11(25)14-9-15(14)18(26)21-17-10-16(23-24-17)12-4-5-13(8-12)28-19(27)22-20(2)6-3-7-20/h10,12-15H,3-9H2,1-2H3,(H,22,27)(H2,21,23,24,26)/t12-,13+,14+,15-/m0/s1. The molecule has 8 nitrogen and oxygen atoms in total. The van der Waals surface area contributed by atoms with E-state index in [0.29, 0.717) is 12.2 Å². The number of rotatable bonds is 6. The lowest BCUT2D eigenvalue weighted by atomic mass is 9.79. The number of ketones is 1. The first kappa shape index (κ1) is 19.0. The van der Waals surface area contributed by atoms with Crippen LogP contribution >= 0.6 is 0 Å². The molecule has 1 aromatic heterocycles. The molecule has 0 radical (unpaired) electrons. The van der Waals surface area contributed by atoms with Crippen LogP contribution in [-0.2, 0) is 14.3 Å². The van der Waals surface area contributed by atoms with Gasteiger partial charge in [0.05, 0.1) is 0 Å². The van der Waals surface area contributed by atoms with E-state index in [1.807, 2.05) is 6.07 Å². The summed E-state index contributed by atoms with van der Waals surface area (Å²) in [5, 5.41) is 12.9. The number of H-pyrrole nitrogens is 1. The summed E-state index contributed by atoms with van der Waals surface area (Å²) in [6.07, 6.45) is 5.83. The highest BCUT2D eigenvalue weighted by Gasteiger charge is 2.46. The van der Waals surface area contributed by atoms with Gasteiger partial charge in [-0.2, -0.15) is 5.10 Å². The van der Waals surface area contributed by atoms with Crippen LogP contribution in [-0.4, -0.2) is 39.6 Å². The zero-order chi connectivity index (χ0) is 19.9. The van der Waals surface area contributed by atoms with E-state index in [4.69, 9.17) is 4.74 Å². The third kappa shape index (κ3) is 4.05. The van der Waals surface area contributed by atoms with Crippen LogP contribution in [0.1, 0.15) is 70.4 Å². The highest BCUT2D eigenvalue weighted by molar-refractivity contribution is 5.99. The Morgan fingerprint density at radius 2 is 2.00 bits per heavy atom. The molecule has 1 aromatic rings. The monoisotopic (exact) mass is 388 g/mol. The maximum absolute atomic E-state index is 12.2. The van der Waals surface area contributed by atoms with E-state index in [1.165, 1.54) is 6.92 Å². The van der Waals surface area contributed by atoms with Crippen LogP contribution in [0.25, 0.3) is 0 Å². The van der Waals surface area contributed by atoms with E-state index in [0.717, 1.165) is 44.2 Å². The van der Waals surface area contributed by atoms with Gasteiger partial charge in [-0.1, -0.05) is 0 Å². The predicted molar refractivity (Wildman–Crippen MR) is 102 cm³/mol. The summed E-state index contributed by atoms with van der Waals surface area (Å²) in [5.41, 5.74) is 0.834. The fourth-order valence-corrected chi connectivity index (χ4v) is 4.35. The van der Waals surface area contributed by atoms with Gasteiger partial charge in [0.2, 0.25) is 5.91 Å². The Bertz CT molecular complexity index is 785. The maximum atomic E-state index is 12.2. The third-order valence-electron chi connectivity index (χ3n) is 6.46. The number of carbonyl (C=O) groups excluding carboxylic acids is 3. The summed E-state index contributed by atoms with van der Waals surface area (Å²) >= 11 is 0. The van der Waals surface area contributed by atoms with E-state index in [-0.39, 0.29) is 47.2 Å². The molecule has 3 N–H and O–H groups in total. The molecule has 0 saturated heterocycles. The number of carbonyl (C=O) groups is 3. The number of anilines is 1. The van der Waals surface area contributed by atoms with Crippen molar-refractivity contribution in [3.05, 3.63) is 11.8 Å². The van der Waals surface area contributed by atoms with Crippen LogP contribution in [0.5, 0.6) is 0 Å². The molecule has 4 atom stereocenters. The Labute approximate surface area is 164 Å². The lowest BCUT2D eigenvalue weighted by Crippen LogP contribution is -2.51. The van der Waals surface area contributed by atoms with Gasteiger partial charge in [0.1, 0.15) is 11.9 Å². The van der Waals surface area contributed by atoms with Crippen molar-refractivity contribution in [2.75, 3.05) is 5.32 Å². The van der Waals surface area contributed by atoms with E-state index in [2.05, 4.69) is 27.8 Å². The van der Waals surface area contributed by atoms with Crippen molar-refractivity contribution in [1.82, 2.24) is 15.5 Å². The minimum atomic E-state index is -0.324. The van der Waals surface area contributed by atoms with Gasteiger partial charge in [0.25, 0.3) is 0 Å². The fourth-order valence-electron chi connectivity index (χ4n) is 4.35. The van der Waals surface area contributed by atoms with Crippen molar-refractivity contribution in [3.8, 4) is 0 Å². The van der Waals surface area contributed by atoms with Crippen molar-refractivity contribution >= 4 is 23.6 Å². The average Bonchev–Trinajstić information content (AvgIpc) is 3.08. The quantitative estimate of drug-likeness (QED) is 0.693. The molecule has 0 unspecified atom stereocenters. The van der Waals surface area contributed by atoms with Gasteiger partial charge in [-0.25, -0.2) is 4.79 Å². The van der Waals surface area contributed by atoms with Crippen LogP contribution in [0.2, 0.25) is 0 Å². The molecular weight excluding hydrogens is 360 g/mol. The molecule has 1 heterocycles. The first-order valence-corrected chi connectivity index (χ1v) is 10.2. The lowest BCUT2D eigenvalue weighted by Gasteiger charge is -2.38. The van der Waals surface area contributed by atoms with Gasteiger partial charge >= 0.3 is 6.09 Å². The second-order valence-electron chi connectivity index (χ2n) is 8.83. The van der Waals surface area contributed by atoms with Crippen LogP contribution in [0.4, 0.5) is 10.6 Å². The summed E-state index contributed by atoms with van der Waals surface area (Å²) in [5.74, 6) is 0.259. The Morgan fingerprint density at radius 1 is 1.21 bits per heavy atom. The van der Waals surface area contributed by atoms with Crippen LogP contribution in [0.15, 0.2) is 6.07 Å². The van der Waals surface area contributed by atoms with Crippen molar-refractivity contribution in [2.24, 2.45) is 11.8 Å². The molecule has 3 aliphatic rings. The molecule has 4 rings (SSSR count). The minimum Gasteiger partial charge on any atom is -0.446 e. The fraction of sp³-hybridized carbons (Fsp3) is 0.700. The van der Waals surface area contributed by atoms with E-state index in [9.17, 15) is 14.4 Å². The number of alkyl carbamates (subject to hydrolysis) is 1. The van der Waals surface area contributed by atoms with Gasteiger partial charge in [-0.05, 0) is 58.8 Å². The highest BCUT2D eigenvalue weighted by atomic mass is 16.6. The average molecular weight is 388 g/mol. The van der Waals surface area contributed by atoms with Gasteiger partial charge in [0.15, 0.2) is 5.82 Å². The summed E-state index contributed by atoms with van der Waals surface area (Å²) in [7, 11) is 0. The number of Topliss-reactive ketones (excluding diaryl/α,β-unsaturated/α-hetero) is 1. The number of hydrogen-bond donors (Lipinski definition) is 3. The Hall–Kier alpha value is -2.38. The number of amides is 2. The summed E-state index contributed by atoms with van der Waals surface area (Å²) in [6, 6.07) is 1.84. The molecule has 3 aliphatic carbocycles. The van der Waals surface area contributed by atoms with E-state index < -0.39 is 0 Å². The number of hydrogen-bond acceptors (Lipinski definition) is 5. The zero-order valence-electron chi connectivity index (χ0n) is 16.4. The SMILES string of the molecule is CC(=O)[C@H]1C[C@@H]1C(=O)Nc1cc([C@H]2CC[C@@H](OC(=O)NC3(C)CCC3)C2)[nH]n1. The molecule has 2 amide bonds. The molecule has 0 aliphatic heterocycles. The molecule has 0 aromatic carbocycles. The molecule has 0 bridgehead atoms. The van der Waals surface area contributed by atoms with Gasteiger partial charge in [-0.3, -0.25) is 14.7 Å². The van der Waals surface area contributed by atoms with Gasteiger partial charge < -0.3 is 15.4 Å². The number of aromatic nitrogens is 2. The molecule has 3 fully saturated rings. The van der Waals surface area contributed by atoms with Crippen LogP contribution in [0, 0.1) is 11.8 Å². The molecule has 8 heteroatoms. The maximum Gasteiger partial charge on any atom is 0.407 e. The second kappa shape index (κ2) is 7.22. The van der Waals surface area contributed by atoms with Crippen molar-refractivity contribution < 1.29 is 19.1 Å². The Kier molecular flexibility index (Phi) is 4.89. The highest BCUT2D eigenvalue weighted by Crippen LogP contribution is 2.40. The smallest absolute Gasteiger partial charge is 0.407 e. The van der Waals surface area contributed by atoms with Gasteiger partial charge in [-0.15, -0.1) is 0 Å². The van der Waals surface area contributed by atoms with Crippen LogP contribution in [0.3, 0.4) is 0 Å².